The normalized spacial score (nSPS) is 17.6. The van der Waals surface area contributed by atoms with E-state index >= 15 is 0 Å². The second kappa shape index (κ2) is 7.18. The Balaban J connectivity index is 2.20. The van der Waals surface area contributed by atoms with E-state index in [0.29, 0.717) is 12.8 Å². The second-order valence-electron chi connectivity index (χ2n) is 5.56. The van der Waals surface area contributed by atoms with Gasteiger partial charge in [0.15, 0.2) is 0 Å². The number of carbonyl (C=O) groups is 1. The van der Waals surface area contributed by atoms with Gasteiger partial charge in [-0.2, -0.15) is 4.31 Å². The summed E-state index contributed by atoms with van der Waals surface area (Å²) < 4.78 is 56.5. The van der Waals surface area contributed by atoms with Gasteiger partial charge in [-0.25, -0.2) is 26.4 Å². The van der Waals surface area contributed by atoms with Gasteiger partial charge in [0.2, 0.25) is 20.0 Å². The summed E-state index contributed by atoms with van der Waals surface area (Å²) in [5.74, 6) is -0.720. The first-order valence-electron chi connectivity index (χ1n) is 7.30. The van der Waals surface area contributed by atoms with Crippen LogP contribution in [0.15, 0.2) is 29.2 Å². The first kappa shape index (κ1) is 18.8. The molecule has 1 aromatic rings. The van der Waals surface area contributed by atoms with E-state index < -0.39 is 26.0 Å². The Kier molecular flexibility index (Phi) is 5.63. The number of hydrogen-bond acceptors (Lipinski definition) is 6. The van der Waals surface area contributed by atoms with Gasteiger partial charge >= 0.3 is 5.97 Å². The van der Waals surface area contributed by atoms with Crippen LogP contribution in [0.1, 0.15) is 23.2 Å². The summed E-state index contributed by atoms with van der Waals surface area (Å²) in [5.41, 5.74) is -0.0172. The predicted octanol–water partition coefficient (Wildman–Crippen LogP) is 0.176. The van der Waals surface area contributed by atoms with Crippen LogP contribution in [0.5, 0.6) is 0 Å². The van der Waals surface area contributed by atoms with Gasteiger partial charge in [0.1, 0.15) is 0 Å². The van der Waals surface area contributed by atoms with Crippen LogP contribution >= 0.6 is 0 Å². The maximum Gasteiger partial charge on any atom is 0.339 e. The number of ether oxygens (including phenoxy) is 1. The molecular formula is C14H20N2O6S2. The summed E-state index contributed by atoms with van der Waals surface area (Å²) >= 11 is 0. The molecule has 0 radical (unpaired) electrons. The lowest BCUT2D eigenvalue weighted by atomic mass is 10.1. The molecule has 1 saturated heterocycles. The minimum absolute atomic E-state index is 0.0172. The van der Waals surface area contributed by atoms with Gasteiger partial charge in [-0.3, -0.25) is 0 Å². The van der Waals surface area contributed by atoms with Crippen molar-refractivity contribution >= 4 is 26.0 Å². The van der Waals surface area contributed by atoms with Crippen LogP contribution in [0.3, 0.4) is 0 Å². The van der Waals surface area contributed by atoms with Gasteiger partial charge < -0.3 is 4.74 Å². The smallest absolute Gasteiger partial charge is 0.339 e. The molecule has 10 heteroatoms. The van der Waals surface area contributed by atoms with Crippen molar-refractivity contribution in [3.8, 4) is 0 Å². The Hall–Kier alpha value is -1.49. The zero-order valence-corrected chi connectivity index (χ0v) is 15.1. The van der Waals surface area contributed by atoms with E-state index in [0.717, 1.165) is 6.26 Å². The Labute approximate surface area is 141 Å². The Bertz CT molecular complexity index is 811. The summed E-state index contributed by atoms with van der Waals surface area (Å²) in [7, 11) is -6.00. The van der Waals surface area contributed by atoms with E-state index in [1.54, 1.807) is 6.07 Å². The van der Waals surface area contributed by atoms with Crippen molar-refractivity contribution in [1.82, 2.24) is 9.03 Å². The first-order chi connectivity index (χ1) is 11.1. The highest BCUT2D eigenvalue weighted by Crippen LogP contribution is 2.24. The molecule has 1 aliphatic rings. The molecule has 0 atom stereocenters. The van der Waals surface area contributed by atoms with Gasteiger partial charge in [-0.05, 0) is 25.0 Å². The highest BCUT2D eigenvalue weighted by atomic mass is 32.2. The molecule has 1 aromatic carbocycles. The fourth-order valence-corrected chi connectivity index (χ4v) is 5.12. The van der Waals surface area contributed by atoms with E-state index in [2.05, 4.69) is 9.46 Å². The molecule has 0 amide bonds. The molecule has 24 heavy (non-hydrogen) atoms. The van der Waals surface area contributed by atoms with Gasteiger partial charge in [0.25, 0.3) is 0 Å². The number of carbonyl (C=O) groups excluding carboxylic acids is 1. The number of rotatable bonds is 5. The van der Waals surface area contributed by atoms with Crippen LogP contribution in [0.4, 0.5) is 0 Å². The molecule has 2 rings (SSSR count). The maximum absolute atomic E-state index is 12.8. The molecular weight excluding hydrogens is 356 g/mol. The van der Waals surface area contributed by atoms with Crippen LogP contribution in [0.2, 0.25) is 0 Å². The largest absolute Gasteiger partial charge is 0.465 e. The number of nitrogens with zero attached hydrogens (tertiary/aromatic N) is 1. The first-order valence-corrected chi connectivity index (χ1v) is 10.6. The highest BCUT2D eigenvalue weighted by Gasteiger charge is 2.32. The molecule has 134 valence electrons. The van der Waals surface area contributed by atoms with E-state index in [4.69, 9.17) is 0 Å². The third-order valence-electron chi connectivity index (χ3n) is 3.74. The second-order valence-corrected chi connectivity index (χ2v) is 9.24. The van der Waals surface area contributed by atoms with Gasteiger partial charge in [-0.1, -0.05) is 12.1 Å². The predicted molar refractivity (Wildman–Crippen MR) is 87.5 cm³/mol. The lowest BCUT2D eigenvalue weighted by Gasteiger charge is -2.31. The monoisotopic (exact) mass is 376 g/mol. The van der Waals surface area contributed by atoms with Crippen LogP contribution in [0, 0.1) is 0 Å². The number of sulfonamides is 2. The lowest BCUT2D eigenvalue weighted by Crippen LogP contribution is -2.46. The zero-order chi connectivity index (χ0) is 18.0. The Morgan fingerprint density at radius 1 is 1.17 bits per heavy atom. The summed E-state index contributed by atoms with van der Waals surface area (Å²) in [6.45, 7) is 0.343. The minimum Gasteiger partial charge on any atom is -0.465 e. The topological polar surface area (TPSA) is 110 Å². The molecule has 8 nitrogen and oxygen atoms in total. The lowest BCUT2D eigenvalue weighted by molar-refractivity contribution is 0.0596. The van der Waals surface area contributed by atoms with Gasteiger partial charge in [0.05, 0.1) is 23.8 Å². The van der Waals surface area contributed by atoms with Crippen molar-refractivity contribution < 1.29 is 26.4 Å². The molecule has 0 saturated carbocycles. The summed E-state index contributed by atoms with van der Waals surface area (Å²) in [5, 5.41) is 0. The van der Waals surface area contributed by atoms with E-state index in [-0.39, 0.29) is 29.6 Å². The average molecular weight is 376 g/mol. The summed E-state index contributed by atoms with van der Waals surface area (Å²) in [4.78, 5) is 11.7. The van der Waals surface area contributed by atoms with Crippen molar-refractivity contribution in [2.45, 2.75) is 23.8 Å². The third-order valence-corrected chi connectivity index (χ3v) is 6.46. The summed E-state index contributed by atoms with van der Waals surface area (Å²) in [6.07, 6.45) is 1.81. The van der Waals surface area contributed by atoms with Gasteiger partial charge in [-0.15, -0.1) is 0 Å². The zero-order valence-electron chi connectivity index (χ0n) is 13.4. The number of nitrogens with one attached hydrogen (secondary N) is 1. The van der Waals surface area contributed by atoms with Crippen molar-refractivity contribution in [3.05, 3.63) is 29.8 Å². The number of esters is 1. The fourth-order valence-electron chi connectivity index (χ4n) is 2.63. The van der Waals surface area contributed by atoms with Gasteiger partial charge in [0, 0.05) is 19.1 Å². The molecule has 0 spiro atoms. The molecule has 0 aromatic heterocycles. The van der Waals surface area contributed by atoms with Crippen molar-refractivity contribution in [2.24, 2.45) is 0 Å². The standard InChI is InChI=1S/C14H20N2O6S2/c1-22-14(17)12-5-3-4-6-13(12)24(20,21)16-9-7-11(8-10-16)15-23(2,18)19/h3-6,11,15H,7-10H2,1-2H3. The molecule has 1 heterocycles. The molecule has 1 fully saturated rings. The van der Waals surface area contributed by atoms with Crippen molar-refractivity contribution in [1.29, 1.82) is 0 Å². The minimum atomic E-state index is -3.86. The van der Waals surface area contributed by atoms with Crippen LogP contribution in [0.25, 0.3) is 0 Å². The number of hydrogen-bond donors (Lipinski definition) is 1. The maximum atomic E-state index is 12.8. The van der Waals surface area contributed by atoms with Crippen molar-refractivity contribution in [2.75, 3.05) is 26.5 Å². The average Bonchev–Trinajstić information content (AvgIpc) is 2.53. The summed E-state index contributed by atoms with van der Waals surface area (Å²) in [6, 6.07) is 5.58. The molecule has 0 bridgehead atoms. The van der Waals surface area contributed by atoms with Crippen LogP contribution in [-0.2, 0) is 24.8 Å². The van der Waals surface area contributed by atoms with E-state index in [1.165, 1.54) is 29.6 Å². The van der Waals surface area contributed by atoms with Crippen molar-refractivity contribution in [3.63, 3.8) is 0 Å². The Morgan fingerprint density at radius 2 is 1.75 bits per heavy atom. The van der Waals surface area contributed by atoms with E-state index in [1.807, 2.05) is 0 Å². The molecule has 0 unspecified atom stereocenters. The SMILES string of the molecule is COC(=O)c1ccccc1S(=O)(=O)N1CCC(NS(C)(=O)=O)CC1. The number of methoxy groups -OCH3 is 1. The number of piperidine rings is 1. The third kappa shape index (κ3) is 4.32. The van der Waals surface area contributed by atoms with Crippen LogP contribution in [-0.4, -0.2) is 59.6 Å². The Morgan fingerprint density at radius 3 is 2.29 bits per heavy atom. The quantitative estimate of drug-likeness (QED) is 0.734. The molecule has 1 N–H and O–H groups in total. The van der Waals surface area contributed by atoms with E-state index in [9.17, 15) is 21.6 Å². The highest BCUT2D eigenvalue weighted by molar-refractivity contribution is 7.89. The molecule has 0 aliphatic carbocycles. The number of benzene rings is 1. The fraction of sp³-hybridized carbons (Fsp3) is 0.500. The molecule has 1 aliphatic heterocycles. The van der Waals surface area contributed by atoms with Crippen LogP contribution < -0.4 is 4.72 Å².